The Labute approximate surface area is 112 Å². The highest BCUT2D eigenvalue weighted by molar-refractivity contribution is 5.99. The number of anilines is 1. The molecule has 0 aromatic carbocycles. The molecule has 104 valence electrons. The predicted octanol–water partition coefficient (Wildman–Crippen LogP) is 0.829. The number of nitrogens with zero attached hydrogens (tertiary/aromatic N) is 2. The minimum atomic E-state index is -0.678. The van der Waals surface area contributed by atoms with Gasteiger partial charge in [0.2, 0.25) is 11.8 Å². The molecule has 1 aromatic rings. The van der Waals surface area contributed by atoms with Crippen LogP contribution in [-0.4, -0.2) is 28.1 Å². The summed E-state index contributed by atoms with van der Waals surface area (Å²) in [6.07, 6.45) is 0.238. The van der Waals surface area contributed by atoms with Crippen LogP contribution in [0.1, 0.15) is 26.0 Å². The number of aryl methyl sites for hydroxylation is 2. The highest BCUT2D eigenvalue weighted by Gasteiger charge is 2.47. The van der Waals surface area contributed by atoms with Crippen molar-refractivity contribution in [2.24, 2.45) is 18.4 Å². The standard InChI is InChI=1S/C13H20N4O2/c1-8(2)13(6-11(18)14-7-13)12(19)15-10-5-9(3)17(4)16-10/h5,8H,6-7H2,1-4H3,(H,14,18)(H,15,16,19). The number of carbonyl (C=O) groups excluding carboxylic acids is 2. The second-order valence-electron chi connectivity index (χ2n) is 5.51. The number of nitrogens with one attached hydrogen (secondary N) is 2. The lowest BCUT2D eigenvalue weighted by atomic mass is 9.75. The summed E-state index contributed by atoms with van der Waals surface area (Å²) in [5.41, 5.74) is 0.289. The van der Waals surface area contributed by atoms with Crippen LogP contribution in [0.2, 0.25) is 0 Å². The van der Waals surface area contributed by atoms with Gasteiger partial charge < -0.3 is 10.6 Å². The summed E-state index contributed by atoms with van der Waals surface area (Å²) >= 11 is 0. The third kappa shape index (κ3) is 2.34. The minimum Gasteiger partial charge on any atom is -0.355 e. The molecule has 0 saturated carbocycles. The van der Waals surface area contributed by atoms with Crippen molar-refractivity contribution in [3.63, 3.8) is 0 Å². The molecular formula is C13H20N4O2. The van der Waals surface area contributed by atoms with Gasteiger partial charge in [-0.1, -0.05) is 13.8 Å². The molecule has 6 nitrogen and oxygen atoms in total. The zero-order valence-corrected chi connectivity index (χ0v) is 11.8. The van der Waals surface area contributed by atoms with Crippen molar-refractivity contribution in [1.29, 1.82) is 0 Å². The van der Waals surface area contributed by atoms with Crippen molar-refractivity contribution >= 4 is 17.6 Å². The molecule has 1 aliphatic rings. The zero-order valence-electron chi connectivity index (χ0n) is 11.8. The SMILES string of the molecule is Cc1cc(NC(=O)C2(C(C)C)CNC(=O)C2)nn1C. The van der Waals surface area contributed by atoms with E-state index in [4.69, 9.17) is 0 Å². The van der Waals surface area contributed by atoms with Gasteiger partial charge in [0.05, 0.1) is 5.41 Å². The third-order valence-corrected chi connectivity index (χ3v) is 3.99. The van der Waals surface area contributed by atoms with Gasteiger partial charge in [0.1, 0.15) is 0 Å². The summed E-state index contributed by atoms with van der Waals surface area (Å²) in [5, 5.41) is 9.79. The molecule has 1 aliphatic heterocycles. The van der Waals surface area contributed by atoms with E-state index in [1.54, 1.807) is 4.68 Å². The second kappa shape index (κ2) is 4.68. The highest BCUT2D eigenvalue weighted by atomic mass is 16.2. The number of hydrogen-bond acceptors (Lipinski definition) is 3. The topological polar surface area (TPSA) is 76.0 Å². The van der Waals surface area contributed by atoms with Crippen LogP contribution in [0.4, 0.5) is 5.82 Å². The van der Waals surface area contributed by atoms with Gasteiger partial charge in [-0.2, -0.15) is 5.10 Å². The maximum absolute atomic E-state index is 12.5. The van der Waals surface area contributed by atoms with Crippen LogP contribution in [0.25, 0.3) is 0 Å². The normalized spacial score (nSPS) is 22.7. The molecule has 0 radical (unpaired) electrons. The molecule has 2 amide bonds. The van der Waals surface area contributed by atoms with Gasteiger partial charge in [0.25, 0.3) is 0 Å². The van der Waals surface area contributed by atoms with Crippen molar-refractivity contribution in [1.82, 2.24) is 15.1 Å². The molecule has 1 fully saturated rings. The molecule has 1 aromatic heterocycles. The Morgan fingerprint density at radius 2 is 2.26 bits per heavy atom. The first-order valence-corrected chi connectivity index (χ1v) is 6.44. The van der Waals surface area contributed by atoms with Crippen molar-refractivity contribution in [3.8, 4) is 0 Å². The van der Waals surface area contributed by atoms with Crippen LogP contribution in [0.3, 0.4) is 0 Å². The number of rotatable bonds is 3. The van der Waals surface area contributed by atoms with Gasteiger partial charge in [-0.3, -0.25) is 14.3 Å². The number of amides is 2. The van der Waals surface area contributed by atoms with Crippen LogP contribution in [0.15, 0.2) is 6.07 Å². The van der Waals surface area contributed by atoms with Gasteiger partial charge in [-0.25, -0.2) is 0 Å². The number of aromatic nitrogens is 2. The van der Waals surface area contributed by atoms with Gasteiger partial charge in [-0.05, 0) is 12.8 Å². The maximum atomic E-state index is 12.5. The Hall–Kier alpha value is -1.85. The molecule has 2 N–H and O–H groups in total. The lowest BCUT2D eigenvalue weighted by Gasteiger charge is -2.29. The lowest BCUT2D eigenvalue weighted by molar-refractivity contribution is -0.129. The van der Waals surface area contributed by atoms with Crippen LogP contribution >= 0.6 is 0 Å². The molecule has 2 rings (SSSR count). The van der Waals surface area contributed by atoms with Gasteiger partial charge >= 0.3 is 0 Å². The van der Waals surface area contributed by atoms with Crippen molar-refractivity contribution in [2.75, 3.05) is 11.9 Å². The third-order valence-electron chi connectivity index (χ3n) is 3.99. The zero-order chi connectivity index (χ0) is 14.2. The average molecular weight is 264 g/mol. The van der Waals surface area contributed by atoms with Crippen LogP contribution in [-0.2, 0) is 16.6 Å². The lowest BCUT2D eigenvalue weighted by Crippen LogP contribution is -2.42. The Kier molecular flexibility index (Phi) is 3.34. The second-order valence-corrected chi connectivity index (χ2v) is 5.51. The number of carbonyl (C=O) groups is 2. The van der Waals surface area contributed by atoms with Crippen molar-refractivity contribution < 1.29 is 9.59 Å². The van der Waals surface area contributed by atoms with E-state index in [1.807, 2.05) is 33.9 Å². The Morgan fingerprint density at radius 1 is 1.58 bits per heavy atom. The molecule has 2 heterocycles. The maximum Gasteiger partial charge on any atom is 0.234 e. The fraction of sp³-hybridized carbons (Fsp3) is 0.615. The Bertz CT molecular complexity index is 501. The first-order chi connectivity index (χ1) is 8.85. The summed E-state index contributed by atoms with van der Waals surface area (Å²) < 4.78 is 1.70. The molecule has 0 spiro atoms. The molecular weight excluding hydrogens is 244 g/mol. The molecule has 1 atom stereocenters. The van der Waals surface area contributed by atoms with E-state index in [9.17, 15) is 9.59 Å². The van der Waals surface area contributed by atoms with E-state index in [0.29, 0.717) is 12.4 Å². The Balaban J connectivity index is 2.19. The van der Waals surface area contributed by atoms with Gasteiger partial charge in [0.15, 0.2) is 5.82 Å². The van der Waals surface area contributed by atoms with E-state index < -0.39 is 5.41 Å². The monoisotopic (exact) mass is 264 g/mol. The first kappa shape index (κ1) is 13.6. The smallest absolute Gasteiger partial charge is 0.234 e. The summed E-state index contributed by atoms with van der Waals surface area (Å²) in [7, 11) is 1.82. The van der Waals surface area contributed by atoms with Crippen molar-refractivity contribution in [3.05, 3.63) is 11.8 Å². The van der Waals surface area contributed by atoms with E-state index in [1.165, 1.54) is 0 Å². The summed E-state index contributed by atoms with van der Waals surface area (Å²) in [4.78, 5) is 24.0. The van der Waals surface area contributed by atoms with E-state index in [0.717, 1.165) is 5.69 Å². The minimum absolute atomic E-state index is 0.0685. The molecule has 19 heavy (non-hydrogen) atoms. The van der Waals surface area contributed by atoms with Gasteiger partial charge in [-0.15, -0.1) is 0 Å². The predicted molar refractivity (Wildman–Crippen MR) is 71.5 cm³/mol. The van der Waals surface area contributed by atoms with E-state index in [2.05, 4.69) is 15.7 Å². The van der Waals surface area contributed by atoms with Gasteiger partial charge in [0, 0.05) is 31.8 Å². The summed E-state index contributed by atoms with van der Waals surface area (Å²) in [6, 6.07) is 1.82. The first-order valence-electron chi connectivity index (χ1n) is 6.44. The van der Waals surface area contributed by atoms with E-state index in [-0.39, 0.29) is 24.2 Å². The Morgan fingerprint density at radius 3 is 2.68 bits per heavy atom. The van der Waals surface area contributed by atoms with Crippen LogP contribution in [0.5, 0.6) is 0 Å². The van der Waals surface area contributed by atoms with Crippen LogP contribution in [0, 0.1) is 18.3 Å². The largest absolute Gasteiger partial charge is 0.355 e. The summed E-state index contributed by atoms with van der Waals surface area (Å²) in [5.74, 6) is 0.403. The summed E-state index contributed by atoms with van der Waals surface area (Å²) in [6.45, 7) is 6.23. The van der Waals surface area contributed by atoms with Crippen LogP contribution < -0.4 is 10.6 Å². The molecule has 1 saturated heterocycles. The highest BCUT2D eigenvalue weighted by Crippen LogP contribution is 2.35. The number of hydrogen-bond donors (Lipinski definition) is 2. The molecule has 1 unspecified atom stereocenters. The molecule has 0 aliphatic carbocycles. The average Bonchev–Trinajstić information content (AvgIpc) is 2.84. The molecule has 6 heteroatoms. The fourth-order valence-electron chi connectivity index (χ4n) is 2.36. The quantitative estimate of drug-likeness (QED) is 0.849. The fourth-order valence-corrected chi connectivity index (χ4v) is 2.36. The molecule has 0 bridgehead atoms. The van der Waals surface area contributed by atoms with E-state index >= 15 is 0 Å². The van der Waals surface area contributed by atoms with Crippen molar-refractivity contribution in [2.45, 2.75) is 27.2 Å².